The summed E-state index contributed by atoms with van der Waals surface area (Å²) in [6.45, 7) is 8.89. The first kappa shape index (κ1) is 22.5. The van der Waals surface area contributed by atoms with Crippen LogP contribution in [0, 0.1) is 6.92 Å². The van der Waals surface area contributed by atoms with E-state index in [0.717, 1.165) is 55.5 Å². The maximum atomic E-state index is 11.9. The number of rotatable bonds is 7. The van der Waals surface area contributed by atoms with Crippen molar-refractivity contribution < 1.29 is 9.53 Å². The first-order chi connectivity index (χ1) is 16.1. The van der Waals surface area contributed by atoms with Gasteiger partial charge in [-0.25, -0.2) is 14.5 Å². The molecule has 174 valence electrons. The van der Waals surface area contributed by atoms with Crippen molar-refractivity contribution >= 4 is 17.5 Å². The van der Waals surface area contributed by atoms with Crippen LogP contribution in [0.5, 0.6) is 5.88 Å². The zero-order chi connectivity index (χ0) is 23.2. The quantitative estimate of drug-likeness (QED) is 0.570. The summed E-state index contributed by atoms with van der Waals surface area (Å²) in [6, 6.07) is 9.56. The normalized spacial score (nSPS) is 14.2. The summed E-state index contributed by atoms with van der Waals surface area (Å²) in [5, 5.41) is 9.73. The molecule has 33 heavy (non-hydrogen) atoms. The fourth-order valence-corrected chi connectivity index (χ4v) is 3.95. The third kappa shape index (κ3) is 5.58. The Morgan fingerprint density at radius 2 is 1.97 bits per heavy atom. The SMILES string of the molecule is CCNC(=O)Nc1cc(CN2CCN(c3ccc(-n4cccn4)nc3C)CC2)cc(OC)n1. The molecule has 1 fully saturated rings. The van der Waals surface area contributed by atoms with Crippen LogP contribution in [0.15, 0.2) is 42.7 Å². The number of aromatic nitrogens is 4. The van der Waals surface area contributed by atoms with E-state index in [4.69, 9.17) is 9.72 Å². The smallest absolute Gasteiger partial charge is 0.320 e. The van der Waals surface area contributed by atoms with Crippen LogP contribution in [-0.2, 0) is 6.54 Å². The summed E-state index contributed by atoms with van der Waals surface area (Å²) < 4.78 is 7.10. The Labute approximate surface area is 193 Å². The van der Waals surface area contributed by atoms with Gasteiger partial charge in [0.2, 0.25) is 5.88 Å². The molecule has 10 nitrogen and oxygen atoms in total. The number of nitrogens with zero attached hydrogens (tertiary/aromatic N) is 6. The molecule has 0 aromatic carbocycles. The molecule has 3 aromatic rings. The molecule has 4 rings (SSSR count). The molecule has 0 bridgehead atoms. The van der Waals surface area contributed by atoms with Crippen LogP contribution in [-0.4, -0.2) is 70.5 Å². The number of carbonyl (C=O) groups excluding carboxylic acids is 1. The standard InChI is InChI=1S/C23H30N8O2/c1-4-24-23(32)28-20-14-18(15-22(27-20)33-3)16-29-10-12-30(13-11-29)19-6-7-21(26-17(19)2)31-9-5-8-25-31/h5-9,14-15H,4,10-13,16H2,1-3H3,(H2,24,27,28,32). The zero-order valence-electron chi connectivity index (χ0n) is 19.3. The number of hydrogen-bond donors (Lipinski definition) is 2. The number of urea groups is 1. The van der Waals surface area contributed by atoms with Gasteiger partial charge in [-0.2, -0.15) is 10.1 Å². The second kappa shape index (κ2) is 10.3. The van der Waals surface area contributed by atoms with Crippen molar-refractivity contribution in [3.63, 3.8) is 0 Å². The van der Waals surface area contributed by atoms with Crippen LogP contribution in [0.25, 0.3) is 5.82 Å². The van der Waals surface area contributed by atoms with Crippen molar-refractivity contribution in [1.82, 2.24) is 30.0 Å². The fraction of sp³-hybridized carbons (Fsp3) is 0.391. The first-order valence-electron chi connectivity index (χ1n) is 11.1. The Morgan fingerprint density at radius 1 is 1.15 bits per heavy atom. The molecule has 4 heterocycles. The highest BCUT2D eigenvalue weighted by atomic mass is 16.5. The van der Waals surface area contributed by atoms with Gasteiger partial charge in [0, 0.05) is 57.7 Å². The fourth-order valence-electron chi connectivity index (χ4n) is 3.95. The molecule has 0 saturated carbocycles. The minimum absolute atomic E-state index is 0.277. The molecule has 10 heteroatoms. The van der Waals surface area contributed by atoms with Crippen molar-refractivity contribution in [2.24, 2.45) is 0 Å². The van der Waals surface area contributed by atoms with E-state index >= 15 is 0 Å². The Balaban J connectivity index is 1.38. The van der Waals surface area contributed by atoms with Crippen molar-refractivity contribution in [3.05, 3.63) is 54.0 Å². The van der Waals surface area contributed by atoms with Crippen LogP contribution in [0.2, 0.25) is 0 Å². The molecule has 0 unspecified atom stereocenters. The highest BCUT2D eigenvalue weighted by Gasteiger charge is 2.20. The predicted octanol–water partition coefficient (Wildman–Crippen LogP) is 2.44. The molecule has 2 amide bonds. The number of pyridine rings is 2. The van der Waals surface area contributed by atoms with Gasteiger partial charge < -0.3 is 15.0 Å². The number of anilines is 2. The lowest BCUT2D eigenvalue weighted by atomic mass is 10.2. The Morgan fingerprint density at radius 3 is 2.64 bits per heavy atom. The largest absolute Gasteiger partial charge is 0.481 e. The number of amides is 2. The van der Waals surface area contributed by atoms with Gasteiger partial charge in [-0.1, -0.05) is 0 Å². The molecule has 2 N–H and O–H groups in total. The number of nitrogens with one attached hydrogen (secondary N) is 2. The molecular weight excluding hydrogens is 420 g/mol. The van der Waals surface area contributed by atoms with Gasteiger partial charge >= 0.3 is 6.03 Å². The summed E-state index contributed by atoms with van der Waals surface area (Å²) in [5.41, 5.74) is 3.20. The summed E-state index contributed by atoms with van der Waals surface area (Å²) in [7, 11) is 1.58. The van der Waals surface area contributed by atoms with Crippen LogP contribution < -0.4 is 20.3 Å². The highest BCUT2D eigenvalue weighted by molar-refractivity contribution is 5.88. The lowest BCUT2D eigenvalue weighted by Gasteiger charge is -2.36. The van der Waals surface area contributed by atoms with Crippen molar-refractivity contribution in [3.8, 4) is 11.7 Å². The van der Waals surface area contributed by atoms with E-state index in [-0.39, 0.29) is 6.03 Å². The molecule has 1 saturated heterocycles. The summed E-state index contributed by atoms with van der Waals surface area (Å²) in [4.78, 5) is 25.7. The predicted molar refractivity (Wildman–Crippen MR) is 127 cm³/mol. The van der Waals surface area contributed by atoms with Gasteiger partial charge in [0.15, 0.2) is 5.82 Å². The van der Waals surface area contributed by atoms with Gasteiger partial charge in [-0.05, 0) is 43.7 Å². The van der Waals surface area contributed by atoms with Crippen LogP contribution in [0.3, 0.4) is 0 Å². The number of ether oxygens (including phenoxy) is 1. The van der Waals surface area contributed by atoms with Crippen LogP contribution in [0.1, 0.15) is 18.2 Å². The van der Waals surface area contributed by atoms with Gasteiger partial charge in [0.05, 0.1) is 18.5 Å². The molecule has 0 atom stereocenters. The first-order valence-corrected chi connectivity index (χ1v) is 11.1. The molecule has 1 aliphatic rings. The minimum atomic E-state index is -0.277. The minimum Gasteiger partial charge on any atom is -0.481 e. The zero-order valence-corrected chi connectivity index (χ0v) is 19.3. The maximum absolute atomic E-state index is 11.9. The number of methoxy groups -OCH3 is 1. The third-order valence-corrected chi connectivity index (χ3v) is 5.55. The monoisotopic (exact) mass is 450 g/mol. The third-order valence-electron chi connectivity index (χ3n) is 5.55. The van der Waals surface area contributed by atoms with Gasteiger partial charge in [0.25, 0.3) is 0 Å². The lowest BCUT2D eigenvalue weighted by Crippen LogP contribution is -2.46. The van der Waals surface area contributed by atoms with Gasteiger partial charge in [-0.15, -0.1) is 0 Å². The number of piperazine rings is 1. The average molecular weight is 451 g/mol. The van der Waals surface area contributed by atoms with E-state index in [1.807, 2.05) is 44.3 Å². The molecule has 3 aromatic heterocycles. The Bertz CT molecular complexity index is 1080. The number of hydrogen-bond acceptors (Lipinski definition) is 7. The van der Waals surface area contributed by atoms with Crippen molar-refractivity contribution in [2.75, 3.05) is 50.1 Å². The molecule has 0 radical (unpaired) electrons. The van der Waals surface area contributed by atoms with E-state index in [9.17, 15) is 4.79 Å². The molecule has 0 aliphatic carbocycles. The Hall–Kier alpha value is -3.66. The summed E-state index contributed by atoms with van der Waals surface area (Å²) >= 11 is 0. The molecule has 0 spiro atoms. The van der Waals surface area contributed by atoms with E-state index in [2.05, 4.69) is 36.6 Å². The van der Waals surface area contributed by atoms with E-state index in [0.29, 0.717) is 18.2 Å². The van der Waals surface area contributed by atoms with E-state index in [1.54, 1.807) is 18.0 Å². The van der Waals surface area contributed by atoms with Crippen molar-refractivity contribution in [1.29, 1.82) is 0 Å². The van der Waals surface area contributed by atoms with Crippen molar-refractivity contribution in [2.45, 2.75) is 20.4 Å². The molecule has 1 aliphatic heterocycles. The lowest BCUT2D eigenvalue weighted by molar-refractivity contribution is 0.249. The number of carbonyl (C=O) groups is 1. The second-order valence-corrected chi connectivity index (χ2v) is 7.88. The van der Waals surface area contributed by atoms with Gasteiger partial charge in [-0.3, -0.25) is 10.2 Å². The highest BCUT2D eigenvalue weighted by Crippen LogP contribution is 2.23. The summed E-state index contributed by atoms with van der Waals surface area (Å²) in [6.07, 6.45) is 3.65. The summed E-state index contributed by atoms with van der Waals surface area (Å²) in [5.74, 6) is 1.79. The topological polar surface area (TPSA) is 100 Å². The maximum Gasteiger partial charge on any atom is 0.320 e. The van der Waals surface area contributed by atoms with Crippen LogP contribution in [0.4, 0.5) is 16.3 Å². The molecular formula is C23H30N8O2. The Kier molecular flexibility index (Phi) is 7.04. The average Bonchev–Trinajstić information content (AvgIpc) is 3.35. The van der Waals surface area contributed by atoms with E-state index in [1.165, 1.54) is 0 Å². The second-order valence-electron chi connectivity index (χ2n) is 7.88. The van der Waals surface area contributed by atoms with E-state index < -0.39 is 0 Å². The van der Waals surface area contributed by atoms with Crippen LogP contribution >= 0.6 is 0 Å². The van der Waals surface area contributed by atoms with Gasteiger partial charge in [0.1, 0.15) is 5.82 Å². The number of aryl methyl sites for hydroxylation is 1.